The van der Waals surface area contributed by atoms with Gasteiger partial charge in [-0.1, -0.05) is 19.1 Å². The van der Waals surface area contributed by atoms with Gasteiger partial charge in [-0.2, -0.15) is 4.98 Å². The number of hydrogen-bond acceptors (Lipinski definition) is 10. The van der Waals surface area contributed by atoms with Gasteiger partial charge in [-0.15, -0.1) is 0 Å². The third kappa shape index (κ3) is 6.34. The van der Waals surface area contributed by atoms with Gasteiger partial charge in [0, 0.05) is 56.8 Å². The lowest BCUT2D eigenvalue weighted by Gasteiger charge is -2.33. The topological polar surface area (TPSA) is 121 Å². The van der Waals surface area contributed by atoms with Gasteiger partial charge in [0.1, 0.15) is 17.8 Å². The van der Waals surface area contributed by atoms with E-state index in [1.54, 1.807) is 12.3 Å². The second-order valence-corrected chi connectivity index (χ2v) is 15.8. The first-order chi connectivity index (χ1) is 23.3. The first-order valence-corrected chi connectivity index (χ1v) is 18.8. The molecule has 1 amide bonds. The number of alkyl halides is 1. The third-order valence-corrected chi connectivity index (χ3v) is 13.1. The number of ether oxygens (including phenoxy) is 1. The predicted molar refractivity (Wildman–Crippen MR) is 185 cm³/mol. The highest BCUT2D eigenvalue weighted by Gasteiger charge is 2.39. The first-order valence-electron chi connectivity index (χ1n) is 17.1. The molecule has 4 aliphatic heterocycles. The molecule has 13 heteroatoms. The Morgan fingerprint density at radius 2 is 1.85 bits per heavy atom. The molecule has 3 aromatic rings. The SMILES string of the molecule is C=CC(=O)N1CCC[C@@H]1c1ccc(N2CC[C@@H]([C@@H]3CCCCS3(=O)=O)C2)c2cnc(Nc3ccnc(N4CC[C@@H](OC)[C@@H](F)C4)n3)cc12. The van der Waals surface area contributed by atoms with Gasteiger partial charge < -0.3 is 24.8 Å². The Bertz CT molecular complexity index is 1790. The number of anilines is 4. The van der Waals surface area contributed by atoms with Crippen molar-refractivity contribution in [2.45, 2.75) is 68.5 Å². The van der Waals surface area contributed by atoms with E-state index in [-0.39, 0.29) is 29.7 Å². The molecule has 0 saturated carbocycles. The zero-order valence-electron chi connectivity index (χ0n) is 27.4. The number of nitrogens with zero attached hydrogens (tertiary/aromatic N) is 6. The minimum Gasteiger partial charge on any atom is -0.378 e. The zero-order chi connectivity index (χ0) is 33.4. The third-order valence-electron chi connectivity index (χ3n) is 10.7. The number of nitrogens with one attached hydrogen (secondary N) is 1. The van der Waals surface area contributed by atoms with Crippen LogP contribution in [-0.4, -0.2) is 97.3 Å². The number of amides is 1. The van der Waals surface area contributed by atoms with Crippen molar-refractivity contribution in [1.82, 2.24) is 19.9 Å². The minimum absolute atomic E-state index is 0.0863. The smallest absolute Gasteiger partial charge is 0.246 e. The number of piperidine rings is 1. The number of aromatic nitrogens is 3. The van der Waals surface area contributed by atoms with Gasteiger partial charge in [-0.05, 0) is 79.7 Å². The van der Waals surface area contributed by atoms with Crippen LogP contribution in [0.15, 0.2) is 49.3 Å². The van der Waals surface area contributed by atoms with E-state index in [0.29, 0.717) is 49.4 Å². The van der Waals surface area contributed by atoms with Crippen LogP contribution in [0.25, 0.3) is 10.8 Å². The Morgan fingerprint density at radius 3 is 2.65 bits per heavy atom. The Kier molecular flexibility index (Phi) is 9.25. The van der Waals surface area contributed by atoms with Gasteiger partial charge in [0.05, 0.1) is 29.7 Å². The summed E-state index contributed by atoms with van der Waals surface area (Å²) in [5.74, 6) is 1.87. The van der Waals surface area contributed by atoms with Crippen molar-refractivity contribution in [2.75, 3.05) is 60.7 Å². The highest BCUT2D eigenvalue weighted by molar-refractivity contribution is 7.92. The fourth-order valence-electron chi connectivity index (χ4n) is 8.20. The molecule has 5 atom stereocenters. The number of pyridine rings is 1. The van der Waals surface area contributed by atoms with Crippen LogP contribution in [0.3, 0.4) is 0 Å². The summed E-state index contributed by atoms with van der Waals surface area (Å²) in [5, 5.41) is 5.00. The van der Waals surface area contributed by atoms with E-state index in [9.17, 15) is 17.6 Å². The van der Waals surface area contributed by atoms with Gasteiger partial charge in [-0.25, -0.2) is 22.8 Å². The average molecular weight is 678 g/mol. The Labute approximate surface area is 281 Å². The normalized spacial score (nSPS) is 27.4. The van der Waals surface area contributed by atoms with Gasteiger partial charge in [0.15, 0.2) is 9.84 Å². The van der Waals surface area contributed by atoms with E-state index >= 15 is 0 Å². The maximum Gasteiger partial charge on any atom is 0.246 e. The lowest BCUT2D eigenvalue weighted by atomic mass is 9.96. The molecule has 0 spiro atoms. The number of rotatable bonds is 8. The average Bonchev–Trinajstić information content (AvgIpc) is 3.78. The number of halogens is 1. The van der Waals surface area contributed by atoms with Crippen LogP contribution in [0.1, 0.15) is 56.6 Å². The summed E-state index contributed by atoms with van der Waals surface area (Å²) < 4.78 is 45.8. The van der Waals surface area contributed by atoms with Crippen LogP contribution < -0.4 is 15.1 Å². The number of hydrogen-bond donors (Lipinski definition) is 1. The van der Waals surface area contributed by atoms with Crippen molar-refractivity contribution in [3.05, 3.63) is 54.9 Å². The molecule has 48 heavy (non-hydrogen) atoms. The lowest BCUT2D eigenvalue weighted by Crippen LogP contribution is -2.46. The number of likely N-dealkylation sites (tertiary alicyclic amines) is 1. The molecule has 256 valence electrons. The number of carbonyl (C=O) groups excluding carboxylic acids is 1. The van der Waals surface area contributed by atoms with E-state index < -0.39 is 22.1 Å². The molecule has 0 aliphatic carbocycles. The lowest BCUT2D eigenvalue weighted by molar-refractivity contribution is -0.126. The van der Waals surface area contributed by atoms with E-state index in [2.05, 4.69) is 38.9 Å². The molecule has 7 rings (SSSR count). The predicted octanol–water partition coefficient (Wildman–Crippen LogP) is 4.97. The summed E-state index contributed by atoms with van der Waals surface area (Å²) in [5.41, 5.74) is 2.06. The van der Waals surface area contributed by atoms with Crippen LogP contribution in [-0.2, 0) is 19.4 Å². The number of benzene rings is 1. The summed E-state index contributed by atoms with van der Waals surface area (Å²) in [4.78, 5) is 32.8. The number of sulfone groups is 1. The number of fused-ring (bicyclic) bond motifs is 1. The molecule has 1 aromatic carbocycles. The monoisotopic (exact) mass is 677 g/mol. The van der Waals surface area contributed by atoms with Crippen molar-refractivity contribution in [3.8, 4) is 0 Å². The quantitative estimate of drug-likeness (QED) is 0.327. The van der Waals surface area contributed by atoms with Crippen molar-refractivity contribution in [1.29, 1.82) is 0 Å². The summed E-state index contributed by atoms with van der Waals surface area (Å²) in [7, 11) is -1.54. The summed E-state index contributed by atoms with van der Waals surface area (Å²) in [6.45, 7) is 6.62. The van der Waals surface area contributed by atoms with Crippen LogP contribution >= 0.6 is 0 Å². The highest BCUT2D eigenvalue weighted by Crippen LogP contribution is 2.42. The molecule has 11 nitrogen and oxygen atoms in total. The van der Waals surface area contributed by atoms with Crippen molar-refractivity contribution >= 4 is 49.8 Å². The van der Waals surface area contributed by atoms with Gasteiger partial charge >= 0.3 is 0 Å². The largest absolute Gasteiger partial charge is 0.378 e. The van der Waals surface area contributed by atoms with Crippen LogP contribution in [0.2, 0.25) is 0 Å². The van der Waals surface area contributed by atoms with Gasteiger partial charge in [0.25, 0.3) is 0 Å². The van der Waals surface area contributed by atoms with Crippen molar-refractivity contribution in [2.24, 2.45) is 5.92 Å². The van der Waals surface area contributed by atoms with Crippen LogP contribution in [0.4, 0.5) is 27.7 Å². The Balaban J connectivity index is 1.20. The van der Waals surface area contributed by atoms with E-state index in [1.165, 1.54) is 13.2 Å². The fraction of sp³-hybridized carbons (Fsp3) is 0.543. The molecule has 4 saturated heterocycles. The molecule has 1 N–H and O–H groups in total. The van der Waals surface area contributed by atoms with E-state index in [4.69, 9.17) is 9.72 Å². The number of carbonyl (C=O) groups is 1. The molecule has 0 bridgehead atoms. The Hall–Kier alpha value is -3.84. The molecular formula is C35H44FN7O4S. The Morgan fingerprint density at radius 1 is 1.00 bits per heavy atom. The summed E-state index contributed by atoms with van der Waals surface area (Å²) in [6, 6.07) is 7.89. The second kappa shape index (κ2) is 13.6. The second-order valence-electron chi connectivity index (χ2n) is 13.5. The van der Waals surface area contributed by atoms with Crippen molar-refractivity contribution in [3.63, 3.8) is 0 Å². The zero-order valence-corrected chi connectivity index (χ0v) is 28.2. The maximum atomic E-state index is 14.6. The molecule has 0 radical (unpaired) electrons. The van der Waals surface area contributed by atoms with Crippen LogP contribution in [0.5, 0.6) is 0 Å². The van der Waals surface area contributed by atoms with Crippen molar-refractivity contribution < 1.29 is 22.3 Å². The number of methoxy groups -OCH3 is 1. The summed E-state index contributed by atoms with van der Waals surface area (Å²) >= 11 is 0. The van der Waals surface area contributed by atoms with Gasteiger partial charge in [0.2, 0.25) is 11.9 Å². The molecular weight excluding hydrogens is 633 g/mol. The molecule has 6 heterocycles. The van der Waals surface area contributed by atoms with Crippen LogP contribution in [0, 0.1) is 5.92 Å². The highest BCUT2D eigenvalue weighted by atomic mass is 32.2. The van der Waals surface area contributed by atoms with E-state index in [0.717, 1.165) is 67.1 Å². The molecule has 2 aromatic heterocycles. The fourth-order valence-corrected chi connectivity index (χ4v) is 10.4. The van der Waals surface area contributed by atoms with E-state index in [1.807, 2.05) is 22.1 Å². The minimum atomic E-state index is -3.07. The molecule has 4 fully saturated rings. The standard InChI is InChI=1S/C35H44FN7O4S/c1-3-34(44)43-15-6-7-29(43)24-9-10-28(41-16-12-23(21-41)31-8-4-5-18-48(31,45)46)26-20-38-33(19-25(24)26)39-32-11-14-37-35(40-32)42-17-13-30(47-2)27(36)22-42/h3,9-11,14,19-20,23,27,29-31H,1,4-8,12-13,15-18,21-22H2,2H3,(H,37,38,39,40)/t23-,27+,29-,30-,31+/m1/s1. The van der Waals surface area contributed by atoms with Gasteiger partial charge in [-0.3, -0.25) is 4.79 Å². The molecule has 4 aliphatic rings. The maximum absolute atomic E-state index is 14.6. The summed E-state index contributed by atoms with van der Waals surface area (Å²) in [6.07, 6.45) is 8.95. The first kappa shape index (κ1) is 32.7. The molecule has 0 unspecified atom stereocenters.